The van der Waals surface area contributed by atoms with Crippen LogP contribution in [0, 0.1) is 5.41 Å². The minimum Gasteiger partial charge on any atom is -0.490 e. The molecule has 1 aromatic rings. The number of hydrogen-bond donors (Lipinski definition) is 1. The molecule has 2 rings (SSSR count). The van der Waals surface area contributed by atoms with Gasteiger partial charge in [-0.1, -0.05) is 46.8 Å². The van der Waals surface area contributed by atoms with E-state index in [1.54, 1.807) is 0 Å². The SMILES string of the molecule is CC(C)NC1CC(Oc2cccc(CCC(C)(C)C)c2)C1. The minimum absolute atomic E-state index is 0.388. The molecule has 21 heavy (non-hydrogen) atoms. The van der Waals surface area contributed by atoms with Crippen LogP contribution in [-0.4, -0.2) is 18.2 Å². The zero-order valence-corrected chi connectivity index (χ0v) is 14.3. The summed E-state index contributed by atoms with van der Waals surface area (Å²) in [4.78, 5) is 0. The van der Waals surface area contributed by atoms with Crippen molar-refractivity contribution < 1.29 is 4.74 Å². The summed E-state index contributed by atoms with van der Waals surface area (Å²) in [5, 5.41) is 3.56. The van der Waals surface area contributed by atoms with Crippen LogP contribution in [0.1, 0.15) is 59.4 Å². The standard InChI is InChI=1S/C19H31NO/c1-14(2)20-16-12-18(13-16)21-17-8-6-7-15(11-17)9-10-19(3,4)5/h6-8,11,14,16,18,20H,9-10,12-13H2,1-5H3. The summed E-state index contributed by atoms with van der Waals surface area (Å²) < 4.78 is 6.09. The van der Waals surface area contributed by atoms with Crippen LogP contribution in [-0.2, 0) is 6.42 Å². The molecule has 0 unspecified atom stereocenters. The van der Waals surface area contributed by atoms with E-state index in [0.717, 1.165) is 25.0 Å². The molecule has 118 valence electrons. The van der Waals surface area contributed by atoms with Gasteiger partial charge in [0.1, 0.15) is 11.9 Å². The Labute approximate surface area is 130 Å². The predicted molar refractivity (Wildman–Crippen MR) is 89.9 cm³/mol. The molecular weight excluding hydrogens is 258 g/mol. The topological polar surface area (TPSA) is 21.3 Å². The lowest BCUT2D eigenvalue weighted by atomic mass is 9.88. The van der Waals surface area contributed by atoms with Crippen LogP contribution >= 0.6 is 0 Å². The number of benzene rings is 1. The molecule has 0 amide bonds. The largest absolute Gasteiger partial charge is 0.490 e. The molecule has 1 saturated carbocycles. The highest BCUT2D eigenvalue weighted by atomic mass is 16.5. The first kappa shape index (κ1) is 16.4. The second-order valence-electron chi connectivity index (χ2n) is 7.94. The van der Waals surface area contributed by atoms with Gasteiger partial charge in [0.25, 0.3) is 0 Å². The third kappa shape index (κ3) is 5.70. The third-order valence-corrected chi connectivity index (χ3v) is 4.03. The van der Waals surface area contributed by atoms with Gasteiger partial charge < -0.3 is 10.1 Å². The van der Waals surface area contributed by atoms with Gasteiger partial charge in [-0.15, -0.1) is 0 Å². The molecule has 2 heteroatoms. The Bertz CT molecular complexity index is 441. The molecule has 0 saturated heterocycles. The first-order valence-electron chi connectivity index (χ1n) is 8.33. The molecule has 1 aliphatic rings. The van der Waals surface area contributed by atoms with Gasteiger partial charge in [0.15, 0.2) is 0 Å². The fourth-order valence-electron chi connectivity index (χ4n) is 2.76. The number of aryl methyl sites for hydroxylation is 1. The molecule has 1 aromatic carbocycles. The van der Waals surface area contributed by atoms with Crippen molar-refractivity contribution in [3.8, 4) is 5.75 Å². The van der Waals surface area contributed by atoms with E-state index in [-0.39, 0.29) is 0 Å². The van der Waals surface area contributed by atoms with E-state index in [4.69, 9.17) is 4.74 Å². The van der Waals surface area contributed by atoms with Crippen molar-refractivity contribution in [2.24, 2.45) is 5.41 Å². The van der Waals surface area contributed by atoms with Crippen molar-refractivity contribution in [1.29, 1.82) is 0 Å². The average molecular weight is 289 g/mol. The van der Waals surface area contributed by atoms with Crippen LogP contribution in [0.4, 0.5) is 0 Å². The third-order valence-electron chi connectivity index (χ3n) is 4.03. The van der Waals surface area contributed by atoms with Gasteiger partial charge in [-0.3, -0.25) is 0 Å². The fraction of sp³-hybridized carbons (Fsp3) is 0.684. The number of hydrogen-bond acceptors (Lipinski definition) is 2. The van der Waals surface area contributed by atoms with Crippen molar-refractivity contribution in [1.82, 2.24) is 5.32 Å². The highest BCUT2D eigenvalue weighted by molar-refractivity contribution is 5.29. The zero-order valence-electron chi connectivity index (χ0n) is 14.3. The molecule has 1 N–H and O–H groups in total. The van der Waals surface area contributed by atoms with Crippen LogP contribution < -0.4 is 10.1 Å². The lowest BCUT2D eigenvalue weighted by molar-refractivity contribution is 0.0814. The van der Waals surface area contributed by atoms with Gasteiger partial charge in [0.2, 0.25) is 0 Å². The number of rotatable bonds is 6. The molecule has 2 nitrogen and oxygen atoms in total. The van der Waals surface area contributed by atoms with Crippen molar-refractivity contribution in [2.45, 2.75) is 78.5 Å². The van der Waals surface area contributed by atoms with Crippen LogP contribution in [0.5, 0.6) is 5.75 Å². The molecule has 1 aliphatic carbocycles. The smallest absolute Gasteiger partial charge is 0.119 e. The summed E-state index contributed by atoms with van der Waals surface area (Å²) in [6, 6.07) is 9.84. The molecule has 0 atom stereocenters. The predicted octanol–water partition coefficient (Wildman–Crippen LogP) is 4.57. The highest BCUT2D eigenvalue weighted by Crippen LogP contribution is 2.28. The number of ether oxygens (including phenoxy) is 1. The fourth-order valence-corrected chi connectivity index (χ4v) is 2.76. The van der Waals surface area contributed by atoms with E-state index in [2.05, 4.69) is 64.2 Å². The first-order valence-corrected chi connectivity index (χ1v) is 8.33. The molecule has 0 bridgehead atoms. The summed E-state index contributed by atoms with van der Waals surface area (Å²) in [5.41, 5.74) is 1.78. The Morgan fingerprint density at radius 3 is 2.57 bits per heavy atom. The number of nitrogens with one attached hydrogen (secondary N) is 1. The summed E-state index contributed by atoms with van der Waals surface area (Å²) >= 11 is 0. The van der Waals surface area contributed by atoms with Crippen LogP contribution in [0.15, 0.2) is 24.3 Å². The van der Waals surface area contributed by atoms with Gasteiger partial charge >= 0.3 is 0 Å². The lowest BCUT2D eigenvalue weighted by Gasteiger charge is -2.37. The van der Waals surface area contributed by atoms with Crippen molar-refractivity contribution >= 4 is 0 Å². The Balaban J connectivity index is 1.80. The molecule has 0 spiro atoms. The quantitative estimate of drug-likeness (QED) is 0.828. The first-order chi connectivity index (χ1) is 9.82. The highest BCUT2D eigenvalue weighted by Gasteiger charge is 2.30. The molecule has 0 aromatic heterocycles. The lowest BCUT2D eigenvalue weighted by Crippen LogP contribution is -2.49. The monoisotopic (exact) mass is 289 g/mol. The minimum atomic E-state index is 0.388. The van der Waals surface area contributed by atoms with E-state index in [9.17, 15) is 0 Å². The maximum atomic E-state index is 6.09. The second-order valence-corrected chi connectivity index (χ2v) is 7.94. The van der Waals surface area contributed by atoms with Crippen molar-refractivity contribution in [3.63, 3.8) is 0 Å². The van der Waals surface area contributed by atoms with Crippen molar-refractivity contribution in [3.05, 3.63) is 29.8 Å². The van der Waals surface area contributed by atoms with Gasteiger partial charge in [-0.25, -0.2) is 0 Å². The van der Waals surface area contributed by atoms with Gasteiger partial charge in [-0.05, 0) is 48.8 Å². The summed E-state index contributed by atoms with van der Waals surface area (Å²) in [6.07, 6.45) is 4.98. The normalized spacial score (nSPS) is 22.2. The van der Waals surface area contributed by atoms with Crippen LogP contribution in [0.2, 0.25) is 0 Å². The molecule has 0 aliphatic heterocycles. The Morgan fingerprint density at radius 1 is 1.24 bits per heavy atom. The molecular formula is C19H31NO. The van der Waals surface area contributed by atoms with E-state index < -0.39 is 0 Å². The second kappa shape index (κ2) is 6.83. The van der Waals surface area contributed by atoms with Crippen LogP contribution in [0.3, 0.4) is 0 Å². The van der Waals surface area contributed by atoms with Crippen LogP contribution in [0.25, 0.3) is 0 Å². The zero-order chi connectivity index (χ0) is 15.5. The van der Waals surface area contributed by atoms with Gasteiger partial charge in [0, 0.05) is 12.1 Å². The summed E-state index contributed by atoms with van der Waals surface area (Å²) in [7, 11) is 0. The van der Waals surface area contributed by atoms with E-state index in [0.29, 0.717) is 23.6 Å². The van der Waals surface area contributed by atoms with E-state index in [1.165, 1.54) is 12.0 Å². The summed E-state index contributed by atoms with van der Waals surface area (Å²) in [6.45, 7) is 11.3. The molecule has 0 heterocycles. The van der Waals surface area contributed by atoms with Gasteiger partial charge in [-0.2, -0.15) is 0 Å². The Kier molecular flexibility index (Phi) is 5.32. The summed E-state index contributed by atoms with van der Waals surface area (Å²) in [5.74, 6) is 1.04. The molecule has 1 fully saturated rings. The van der Waals surface area contributed by atoms with E-state index >= 15 is 0 Å². The van der Waals surface area contributed by atoms with E-state index in [1.807, 2.05) is 0 Å². The Hall–Kier alpha value is -1.02. The molecule has 0 radical (unpaired) electrons. The van der Waals surface area contributed by atoms with Crippen molar-refractivity contribution in [2.75, 3.05) is 0 Å². The maximum Gasteiger partial charge on any atom is 0.119 e. The Morgan fingerprint density at radius 2 is 1.95 bits per heavy atom. The maximum absolute atomic E-state index is 6.09. The average Bonchev–Trinajstić information content (AvgIpc) is 2.33. The van der Waals surface area contributed by atoms with Gasteiger partial charge in [0.05, 0.1) is 0 Å².